The van der Waals surface area contributed by atoms with Crippen molar-refractivity contribution in [2.75, 3.05) is 27.9 Å². The average molecular weight is 484 g/mol. The van der Waals surface area contributed by atoms with Gasteiger partial charge < -0.3 is 33.6 Å². The number of benzene rings is 2. The topological polar surface area (TPSA) is 97.9 Å². The molecule has 0 amide bonds. The number of imidazole rings is 1. The molecule has 1 aromatic heterocycles. The van der Waals surface area contributed by atoms with Crippen LogP contribution in [0.4, 0.5) is 5.82 Å². The van der Waals surface area contributed by atoms with E-state index in [-0.39, 0.29) is 5.82 Å². The number of hydrogen-bond acceptors (Lipinski definition) is 7. The molecule has 0 saturated carbocycles. The Morgan fingerprint density at radius 3 is 1.94 bits per heavy atom. The van der Waals surface area contributed by atoms with E-state index in [1.807, 2.05) is 24.3 Å². The van der Waals surface area contributed by atoms with Crippen LogP contribution in [0.3, 0.4) is 0 Å². The highest BCUT2D eigenvalue weighted by molar-refractivity contribution is 5.44. The Morgan fingerprint density at radius 1 is 0.886 bits per heavy atom. The molecule has 188 valence electrons. The van der Waals surface area contributed by atoms with Crippen LogP contribution in [0.15, 0.2) is 48.9 Å². The van der Waals surface area contributed by atoms with Gasteiger partial charge in [0.1, 0.15) is 12.8 Å². The number of methoxy groups -OCH3 is 3. The van der Waals surface area contributed by atoms with Crippen molar-refractivity contribution in [2.45, 2.75) is 33.2 Å². The van der Waals surface area contributed by atoms with Crippen molar-refractivity contribution >= 4 is 5.82 Å². The van der Waals surface area contributed by atoms with Crippen LogP contribution in [-0.4, -0.2) is 42.4 Å². The molecule has 0 fully saturated rings. The summed E-state index contributed by atoms with van der Waals surface area (Å²) >= 11 is 0. The molecule has 2 atom stereocenters. The summed E-state index contributed by atoms with van der Waals surface area (Å²) in [5, 5.41) is 10.8. The Bertz CT molecular complexity index is 1130. The molecule has 0 bridgehead atoms. The Hall–Kier alpha value is -3.75. The number of nitro groups is 1. The first kappa shape index (κ1) is 25.9. The second kappa shape index (κ2) is 12.1. The third-order valence-electron chi connectivity index (χ3n) is 6.18. The fourth-order valence-corrected chi connectivity index (χ4v) is 3.94. The monoisotopic (exact) mass is 483 g/mol. The Labute approximate surface area is 205 Å². The van der Waals surface area contributed by atoms with Gasteiger partial charge in [-0.05, 0) is 70.0 Å². The zero-order valence-corrected chi connectivity index (χ0v) is 20.9. The van der Waals surface area contributed by atoms with Crippen molar-refractivity contribution in [3.63, 3.8) is 0 Å². The quantitative estimate of drug-likeness (QED) is 0.250. The van der Waals surface area contributed by atoms with E-state index in [9.17, 15) is 10.1 Å². The molecular formula is C26H33N3O6. The summed E-state index contributed by atoms with van der Waals surface area (Å²) in [5.41, 5.74) is 2.39. The van der Waals surface area contributed by atoms with Gasteiger partial charge in [-0.3, -0.25) is 0 Å². The summed E-state index contributed by atoms with van der Waals surface area (Å²) in [6.45, 7) is 5.29. The van der Waals surface area contributed by atoms with Gasteiger partial charge in [-0.25, -0.2) is 0 Å². The number of ether oxygens (including phenoxy) is 4. The molecule has 0 spiro atoms. The summed E-state index contributed by atoms with van der Waals surface area (Å²) < 4.78 is 23.8. The maximum absolute atomic E-state index is 10.8. The van der Waals surface area contributed by atoms with Crippen molar-refractivity contribution < 1.29 is 23.9 Å². The normalized spacial score (nSPS) is 12.6. The van der Waals surface area contributed by atoms with Gasteiger partial charge in [-0.2, -0.15) is 0 Å². The standard InChI is InChI=1S/C26H33N3O6/c1-18(12-20-6-8-22(32-3)24(14-20)33-4)19(2)13-21-7-9-23(25(15-21)34-5)35-11-10-28-16-26(27-17-28)29(30)31/h6-9,14-19H,10-13H2,1-5H3/t18-,19+/m0/s1. The van der Waals surface area contributed by atoms with Gasteiger partial charge in [-0.1, -0.05) is 26.0 Å². The molecule has 0 unspecified atom stereocenters. The first-order valence-electron chi connectivity index (χ1n) is 11.5. The second-order valence-corrected chi connectivity index (χ2v) is 8.61. The van der Waals surface area contributed by atoms with Crippen LogP contribution in [-0.2, 0) is 19.4 Å². The van der Waals surface area contributed by atoms with E-state index < -0.39 is 4.92 Å². The predicted molar refractivity (Wildman–Crippen MR) is 133 cm³/mol. The van der Waals surface area contributed by atoms with Crippen LogP contribution < -0.4 is 18.9 Å². The number of nitrogens with zero attached hydrogens (tertiary/aromatic N) is 3. The maximum atomic E-state index is 10.8. The summed E-state index contributed by atoms with van der Waals surface area (Å²) in [6, 6.07) is 12.1. The molecule has 9 heteroatoms. The lowest BCUT2D eigenvalue weighted by Gasteiger charge is -2.21. The van der Waals surface area contributed by atoms with E-state index in [0.717, 1.165) is 24.3 Å². The second-order valence-electron chi connectivity index (χ2n) is 8.61. The van der Waals surface area contributed by atoms with Crippen LogP contribution in [0, 0.1) is 22.0 Å². The van der Waals surface area contributed by atoms with E-state index in [2.05, 4.69) is 31.0 Å². The molecule has 0 aliphatic rings. The minimum absolute atomic E-state index is 0.179. The molecule has 0 aliphatic heterocycles. The zero-order chi connectivity index (χ0) is 25.4. The van der Waals surface area contributed by atoms with E-state index in [1.54, 1.807) is 25.9 Å². The molecule has 9 nitrogen and oxygen atoms in total. The number of rotatable bonds is 13. The molecule has 0 aliphatic carbocycles. The fourth-order valence-electron chi connectivity index (χ4n) is 3.94. The average Bonchev–Trinajstić information content (AvgIpc) is 3.34. The Morgan fingerprint density at radius 2 is 1.43 bits per heavy atom. The minimum atomic E-state index is -0.519. The maximum Gasteiger partial charge on any atom is 0.381 e. The van der Waals surface area contributed by atoms with Crippen LogP contribution in [0.5, 0.6) is 23.0 Å². The highest BCUT2D eigenvalue weighted by Crippen LogP contribution is 2.32. The van der Waals surface area contributed by atoms with Gasteiger partial charge in [0, 0.05) is 0 Å². The minimum Gasteiger partial charge on any atom is -0.493 e. The SMILES string of the molecule is COc1ccc(C[C@H](C)[C@H](C)Cc2ccc(OCCn3cnc([N+](=O)[O-])c3)c(OC)c2)cc1OC. The smallest absolute Gasteiger partial charge is 0.381 e. The van der Waals surface area contributed by atoms with E-state index in [0.29, 0.717) is 36.5 Å². The molecule has 3 rings (SSSR count). The third-order valence-corrected chi connectivity index (χ3v) is 6.18. The van der Waals surface area contributed by atoms with Crippen molar-refractivity contribution in [2.24, 2.45) is 11.8 Å². The molecule has 0 radical (unpaired) electrons. The highest BCUT2D eigenvalue weighted by Gasteiger charge is 2.17. The molecule has 2 aromatic carbocycles. The van der Waals surface area contributed by atoms with Gasteiger partial charge in [0.25, 0.3) is 0 Å². The largest absolute Gasteiger partial charge is 0.493 e. The van der Waals surface area contributed by atoms with Crippen LogP contribution in [0.25, 0.3) is 0 Å². The van der Waals surface area contributed by atoms with Crippen molar-refractivity contribution in [3.05, 3.63) is 70.2 Å². The van der Waals surface area contributed by atoms with Crippen LogP contribution >= 0.6 is 0 Å². The van der Waals surface area contributed by atoms with Gasteiger partial charge in [0.05, 0.1) is 27.9 Å². The fraction of sp³-hybridized carbons (Fsp3) is 0.423. The summed E-state index contributed by atoms with van der Waals surface area (Å²) in [5.74, 6) is 3.50. The molecule has 3 aromatic rings. The molecule has 35 heavy (non-hydrogen) atoms. The van der Waals surface area contributed by atoms with E-state index in [1.165, 1.54) is 23.7 Å². The van der Waals surface area contributed by atoms with Gasteiger partial charge in [-0.15, -0.1) is 0 Å². The Balaban J connectivity index is 1.57. The molecule has 0 saturated heterocycles. The molecule has 1 heterocycles. The zero-order valence-electron chi connectivity index (χ0n) is 20.9. The molecule has 0 N–H and O–H groups in total. The van der Waals surface area contributed by atoms with E-state index >= 15 is 0 Å². The van der Waals surface area contributed by atoms with Crippen molar-refractivity contribution in [1.29, 1.82) is 0 Å². The molecular weight excluding hydrogens is 450 g/mol. The van der Waals surface area contributed by atoms with Gasteiger partial charge in [0.15, 0.2) is 23.0 Å². The lowest BCUT2D eigenvalue weighted by molar-refractivity contribution is -0.389. The summed E-state index contributed by atoms with van der Waals surface area (Å²) in [4.78, 5) is 14.0. The first-order valence-corrected chi connectivity index (χ1v) is 11.5. The van der Waals surface area contributed by atoms with Crippen LogP contribution in [0.1, 0.15) is 25.0 Å². The first-order chi connectivity index (χ1) is 16.8. The Kier molecular flexibility index (Phi) is 8.94. The van der Waals surface area contributed by atoms with E-state index in [4.69, 9.17) is 18.9 Å². The number of hydrogen-bond donors (Lipinski definition) is 0. The van der Waals surface area contributed by atoms with Crippen LogP contribution in [0.2, 0.25) is 0 Å². The number of aromatic nitrogens is 2. The lowest BCUT2D eigenvalue weighted by Crippen LogP contribution is -2.14. The third kappa shape index (κ3) is 6.88. The predicted octanol–water partition coefficient (Wildman–Crippen LogP) is 4.95. The van der Waals surface area contributed by atoms with Crippen molar-refractivity contribution in [1.82, 2.24) is 9.55 Å². The van der Waals surface area contributed by atoms with Crippen molar-refractivity contribution in [3.8, 4) is 23.0 Å². The summed E-state index contributed by atoms with van der Waals surface area (Å²) in [7, 11) is 4.91. The lowest BCUT2D eigenvalue weighted by atomic mass is 9.85. The highest BCUT2D eigenvalue weighted by atomic mass is 16.6. The van der Waals surface area contributed by atoms with Gasteiger partial charge in [0.2, 0.25) is 6.33 Å². The summed E-state index contributed by atoms with van der Waals surface area (Å²) in [6.07, 6.45) is 4.65. The van der Waals surface area contributed by atoms with Gasteiger partial charge >= 0.3 is 5.82 Å².